The van der Waals surface area contributed by atoms with Crippen LogP contribution in [0.25, 0.3) is 0 Å². The van der Waals surface area contributed by atoms with Crippen molar-refractivity contribution in [3.05, 3.63) is 24.3 Å². The molecule has 0 unspecified atom stereocenters. The van der Waals surface area contributed by atoms with Gasteiger partial charge in [-0.3, -0.25) is 4.79 Å². The van der Waals surface area contributed by atoms with Crippen LogP contribution in [0.2, 0.25) is 0 Å². The van der Waals surface area contributed by atoms with Gasteiger partial charge in [0.05, 0.1) is 13.2 Å². The minimum absolute atomic E-state index is 0.0176. The van der Waals surface area contributed by atoms with Crippen LogP contribution in [0.3, 0.4) is 0 Å². The van der Waals surface area contributed by atoms with Crippen molar-refractivity contribution in [2.75, 3.05) is 32.2 Å². The van der Waals surface area contributed by atoms with Gasteiger partial charge in [0.2, 0.25) is 5.91 Å². The second kappa shape index (κ2) is 8.64. The van der Waals surface area contributed by atoms with Crippen molar-refractivity contribution in [3.63, 3.8) is 0 Å². The molecule has 2 rings (SSSR count). The average molecular weight is 292 g/mol. The Morgan fingerprint density at radius 3 is 2.86 bits per heavy atom. The molecule has 1 aliphatic carbocycles. The highest BCUT2D eigenvalue weighted by molar-refractivity contribution is 5.92. The number of benzene rings is 1. The number of hydrogen-bond donors (Lipinski definition) is 2. The molecule has 1 aromatic carbocycles. The highest BCUT2D eigenvalue weighted by Crippen LogP contribution is 2.18. The van der Waals surface area contributed by atoms with Gasteiger partial charge in [0, 0.05) is 24.9 Å². The van der Waals surface area contributed by atoms with E-state index in [-0.39, 0.29) is 5.91 Å². The molecule has 116 valence electrons. The summed E-state index contributed by atoms with van der Waals surface area (Å²) in [7, 11) is 1.64. The van der Waals surface area contributed by atoms with Crippen LogP contribution in [-0.4, -0.2) is 38.8 Å². The van der Waals surface area contributed by atoms with Crippen molar-refractivity contribution in [2.24, 2.45) is 0 Å². The van der Waals surface area contributed by atoms with Crippen LogP contribution in [0, 0.1) is 0 Å². The van der Waals surface area contributed by atoms with Gasteiger partial charge in [0.25, 0.3) is 0 Å². The normalized spacial score (nSPS) is 15.1. The Hall–Kier alpha value is -1.59. The summed E-state index contributed by atoms with van der Waals surface area (Å²) in [6, 6.07) is 7.91. The first-order valence-corrected chi connectivity index (χ1v) is 7.53. The largest absolute Gasteiger partial charge is 0.491 e. The quantitative estimate of drug-likeness (QED) is 0.721. The van der Waals surface area contributed by atoms with Crippen molar-refractivity contribution in [1.29, 1.82) is 0 Å². The number of ether oxygens (including phenoxy) is 2. The Morgan fingerprint density at radius 2 is 2.10 bits per heavy atom. The summed E-state index contributed by atoms with van der Waals surface area (Å²) in [5.41, 5.74) is 0.753. The summed E-state index contributed by atoms with van der Waals surface area (Å²) < 4.78 is 10.5. The van der Waals surface area contributed by atoms with Gasteiger partial charge in [-0.05, 0) is 25.0 Å². The number of methoxy groups -OCH3 is 1. The third-order valence-corrected chi connectivity index (χ3v) is 3.58. The van der Waals surface area contributed by atoms with E-state index in [1.807, 2.05) is 24.3 Å². The standard InChI is InChI=1S/C16H24N2O3/c1-20-9-10-21-15-8-4-7-14(11-15)18-16(19)12-17-13-5-2-3-6-13/h4,7-8,11,13,17H,2-3,5-6,9-10,12H2,1H3,(H,18,19). The van der Waals surface area contributed by atoms with E-state index in [0.717, 1.165) is 11.4 Å². The van der Waals surface area contributed by atoms with Crippen LogP contribution in [-0.2, 0) is 9.53 Å². The molecule has 1 aliphatic rings. The van der Waals surface area contributed by atoms with E-state index < -0.39 is 0 Å². The fourth-order valence-corrected chi connectivity index (χ4v) is 2.48. The summed E-state index contributed by atoms with van der Waals surface area (Å²) in [4.78, 5) is 11.9. The van der Waals surface area contributed by atoms with Crippen LogP contribution in [0.15, 0.2) is 24.3 Å². The third kappa shape index (κ3) is 5.73. The first-order chi connectivity index (χ1) is 10.3. The molecule has 1 saturated carbocycles. The Kier molecular flexibility index (Phi) is 6.50. The molecule has 1 fully saturated rings. The van der Waals surface area contributed by atoms with Crippen molar-refractivity contribution < 1.29 is 14.3 Å². The molecule has 5 heteroatoms. The topological polar surface area (TPSA) is 59.6 Å². The lowest BCUT2D eigenvalue weighted by Crippen LogP contribution is -2.34. The molecule has 1 amide bonds. The smallest absolute Gasteiger partial charge is 0.238 e. The zero-order valence-corrected chi connectivity index (χ0v) is 12.6. The van der Waals surface area contributed by atoms with E-state index >= 15 is 0 Å². The van der Waals surface area contributed by atoms with Gasteiger partial charge >= 0.3 is 0 Å². The van der Waals surface area contributed by atoms with Crippen LogP contribution >= 0.6 is 0 Å². The molecular formula is C16H24N2O3. The molecule has 21 heavy (non-hydrogen) atoms. The first-order valence-electron chi connectivity index (χ1n) is 7.53. The summed E-state index contributed by atoms with van der Waals surface area (Å²) in [5.74, 6) is 0.713. The number of anilines is 1. The predicted molar refractivity (Wildman–Crippen MR) is 82.7 cm³/mol. The monoisotopic (exact) mass is 292 g/mol. The van der Waals surface area contributed by atoms with Gasteiger partial charge < -0.3 is 20.1 Å². The van der Waals surface area contributed by atoms with Crippen molar-refractivity contribution in [1.82, 2.24) is 5.32 Å². The molecule has 2 N–H and O–H groups in total. The summed E-state index contributed by atoms with van der Waals surface area (Å²) in [6.07, 6.45) is 4.88. The first kappa shape index (κ1) is 15.8. The maximum atomic E-state index is 11.9. The molecule has 1 aromatic rings. The highest BCUT2D eigenvalue weighted by Gasteiger charge is 2.15. The molecule has 0 bridgehead atoms. The van der Waals surface area contributed by atoms with Crippen molar-refractivity contribution in [3.8, 4) is 5.75 Å². The molecule has 0 saturated heterocycles. The zero-order valence-electron chi connectivity index (χ0n) is 12.6. The van der Waals surface area contributed by atoms with Gasteiger partial charge in [-0.2, -0.15) is 0 Å². The lowest BCUT2D eigenvalue weighted by Gasteiger charge is -2.12. The Labute approximate surface area is 126 Å². The maximum Gasteiger partial charge on any atom is 0.238 e. The summed E-state index contributed by atoms with van der Waals surface area (Å²) in [5, 5.41) is 6.18. The summed E-state index contributed by atoms with van der Waals surface area (Å²) in [6.45, 7) is 1.40. The lowest BCUT2D eigenvalue weighted by atomic mass is 10.2. The zero-order chi connectivity index (χ0) is 14.9. The molecule has 0 spiro atoms. The molecule has 0 heterocycles. The Balaban J connectivity index is 1.75. The fraction of sp³-hybridized carbons (Fsp3) is 0.562. The van der Waals surface area contributed by atoms with Gasteiger partial charge in [0.1, 0.15) is 12.4 Å². The number of amides is 1. The number of hydrogen-bond acceptors (Lipinski definition) is 4. The highest BCUT2D eigenvalue weighted by atomic mass is 16.5. The summed E-state index contributed by atoms with van der Waals surface area (Å²) >= 11 is 0. The molecular weight excluding hydrogens is 268 g/mol. The molecule has 5 nitrogen and oxygen atoms in total. The van der Waals surface area contributed by atoms with Crippen LogP contribution in [0.4, 0.5) is 5.69 Å². The number of nitrogens with one attached hydrogen (secondary N) is 2. The Morgan fingerprint density at radius 1 is 1.29 bits per heavy atom. The predicted octanol–water partition coefficient (Wildman–Crippen LogP) is 2.18. The van der Waals surface area contributed by atoms with Crippen LogP contribution in [0.1, 0.15) is 25.7 Å². The van der Waals surface area contributed by atoms with E-state index in [2.05, 4.69) is 10.6 Å². The molecule has 0 aliphatic heterocycles. The minimum atomic E-state index is -0.0176. The minimum Gasteiger partial charge on any atom is -0.491 e. The van der Waals surface area contributed by atoms with Crippen LogP contribution in [0.5, 0.6) is 5.75 Å². The number of carbonyl (C=O) groups excluding carboxylic acids is 1. The number of rotatable bonds is 8. The van der Waals surface area contributed by atoms with E-state index in [9.17, 15) is 4.79 Å². The fourth-order valence-electron chi connectivity index (χ4n) is 2.48. The van der Waals surface area contributed by atoms with E-state index in [4.69, 9.17) is 9.47 Å². The van der Waals surface area contributed by atoms with Crippen molar-refractivity contribution in [2.45, 2.75) is 31.7 Å². The second-order valence-corrected chi connectivity index (χ2v) is 5.28. The molecule has 0 radical (unpaired) electrons. The van der Waals surface area contributed by atoms with Gasteiger partial charge in [-0.1, -0.05) is 18.9 Å². The lowest BCUT2D eigenvalue weighted by molar-refractivity contribution is -0.115. The van der Waals surface area contributed by atoms with E-state index in [1.165, 1.54) is 25.7 Å². The Bertz CT molecular complexity index is 445. The van der Waals surface area contributed by atoms with E-state index in [1.54, 1.807) is 7.11 Å². The van der Waals surface area contributed by atoms with Crippen molar-refractivity contribution >= 4 is 11.6 Å². The van der Waals surface area contributed by atoms with Gasteiger partial charge in [-0.25, -0.2) is 0 Å². The average Bonchev–Trinajstić information content (AvgIpc) is 2.99. The third-order valence-electron chi connectivity index (χ3n) is 3.58. The molecule has 0 aromatic heterocycles. The maximum absolute atomic E-state index is 11.9. The SMILES string of the molecule is COCCOc1cccc(NC(=O)CNC2CCCC2)c1. The second-order valence-electron chi connectivity index (χ2n) is 5.28. The molecule has 0 atom stereocenters. The van der Waals surface area contributed by atoms with E-state index in [0.29, 0.717) is 25.8 Å². The van der Waals surface area contributed by atoms with Crippen LogP contribution < -0.4 is 15.4 Å². The van der Waals surface area contributed by atoms with Gasteiger partial charge in [0.15, 0.2) is 0 Å². The number of carbonyl (C=O) groups is 1. The van der Waals surface area contributed by atoms with Gasteiger partial charge in [-0.15, -0.1) is 0 Å².